The molecule has 3 aromatic rings. The molecule has 0 aliphatic carbocycles. The molecule has 0 saturated carbocycles. The molecule has 0 atom stereocenters. The predicted octanol–water partition coefficient (Wildman–Crippen LogP) is 3.29. The van der Waals surface area contributed by atoms with Gasteiger partial charge in [0.25, 0.3) is 5.91 Å². The largest absolute Gasteiger partial charge is 0.462 e. The summed E-state index contributed by atoms with van der Waals surface area (Å²) in [6, 6.07) is 11.0. The molecule has 0 unspecified atom stereocenters. The quantitative estimate of drug-likeness (QED) is 0.746. The molecule has 3 heterocycles. The van der Waals surface area contributed by atoms with Crippen molar-refractivity contribution in [1.29, 1.82) is 0 Å². The van der Waals surface area contributed by atoms with Crippen LogP contribution in [0.4, 0.5) is 10.5 Å². The highest BCUT2D eigenvalue weighted by molar-refractivity contribution is 7.13. The van der Waals surface area contributed by atoms with Crippen molar-refractivity contribution in [2.24, 2.45) is 0 Å². The molecule has 4 rings (SSSR count). The summed E-state index contributed by atoms with van der Waals surface area (Å²) in [6.07, 6.45) is 1.22. The molecule has 1 saturated heterocycles. The number of cyclic esters (lactones) is 1. The van der Waals surface area contributed by atoms with E-state index < -0.39 is 0 Å². The first kappa shape index (κ1) is 16.3. The maximum atomic E-state index is 12.3. The lowest BCUT2D eigenvalue weighted by atomic mass is 10.2. The number of amides is 2. The summed E-state index contributed by atoms with van der Waals surface area (Å²) in [5.41, 5.74) is 1.99. The maximum Gasteiger partial charge on any atom is 0.414 e. The van der Waals surface area contributed by atoms with Gasteiger partial charge in [-0.05, 0) is 29.8 Å². The molecule has 1 N–H and O–H groups in total. The van der Waals surface area contributed by atoms with E-state index in [1.54, 1.807) is 28.7 Å². The normalized spacial score (nSPS) is 13.7. The van der Waals surface area contributed by atoms with Crippen LogP contribution in [0, 0.1) is 0 Å². The topological polar surface area (TPSA) is 84.7 Å². The number of furan rings is 1. The summed E-state index contributed by atoms with van der Waals surface area (Å²) in [4.78, 5) is 29.8. The number of nitrogens with one attached hydrogen (secondary N) is 1. The van der Waals surface area contributed by atoms with Crippen LogP contribution >= 0.6 is 11.3 Å². The van der Waals surface area contributed by atoms with Crippen molar-refractivity contribution in [1.82, 2.24) is 10.3 Å². The lowest BCUT2D eigenvalue weighted by Gasteiger charge is -2.14. The third-order valence-electron chi connectivity index (χ3n) is 3.90. The zero-order chi connectivity index (χ0) is 17.9. The Hall–Kier alpha value is -3.13. The Balaban J connectivity index is 1.41. The fraction of sp³-hybridized carbons (Fsp3) is 0.167. The standard InChI is InChI=1S/C18H15N3O4S/c22-16(14-11-26-17(20-14)15-5-2-7-24-15)19-10-12-3-1-4-13(9-12)21-6-8-25-18(21)23/h1-5,7,9,11H,6,8,10H2,(H,19,22). The van der Waals surface area contributed by atoms with Gasteiger partial charge in [0, 0.05) is 17.6 Å². The monoisotopic (exact) mass is 369 g/mol. The van der Waals surface area contributed by atoms with Gasteiger partial charge in [-0.3, -0.25) is 9.69 Å². The lowest BCUT2D eigenvalue weighted by Crippen LogP contribution is -2.25. The van der Waals surface area contributed by atoms with E-state index in [1.165, 1.54) is 11.3 Å². The molecule has 1 aliphatic rings. The van der Waals surface area contributed by atoms with Crippen LogP contribution in [-0.4, -0.2) is 30.1 Å². The number of hydrogen-bond donors (Lipinski definition) is 1. The summed E-state index contributed by atoms with van der Waals surface area (Å²) in [6.45, 7) is 1.26. The number of thiazole rings is 1. The van der Waals surface area contributed by atoms with E-state index in [0.717, 1.165) is 11.3 Å². The summed E-state index contributed by atoms with van der Waals surface area (Å²) in [5, 5.41) is 5.20. The number of nitrogens with zero attached hydrogens (tertiary/aromatic N) is 2. The fourth-order valence-electron chi connectivity index (χ4n) is 2.63. The Labute approximate surface area is 153 Å². The Morgan fingerprint density at radius 3 is 3.00 bits per heavy atom. The number of carbonyl (C=O) groups excluding carboxylic acids is 2. The van der Waals surface area contributed by atoms with Crippen LogP contribution in [-0.2, 0) is 11.3 Å². The second-order valence-electron chi connectivity index (χ2n) is 5.63. The first-order valence-electron chi connectivity index (χ1n) is 8.01. The van der Waals surface area contributed by atoms with E-state index in [1.807, 2.05) is 24.3 Å². The number of rotatable bonds is 5. The van der Waals surface area contributed by atoms with Gasteiger partial charge in [0.2, 0.25) is 0 Å². The van der Waals surface area contributed by atoms with Gasteiger partial charge in [-0.15, -0.1) is 11.3 Å². The molecule has 1 fully saturated rings. The second-order valence-corrected chi connectivity index (χ2v) is 6.49. The number of benzene rings is 1. The summed E-state index contributed by atoms with van der Waals surface area (Å²) in [7, 11) is 0. The van der Waals surface area contributed by atoms with Crippen molar-refractivity contribution in [3.63, 3.8) is 0 Å². The van der Waals surface area contributed by atoms with E-state index in [4.69, 9.17) is 9.15 Å². The average Bonchev–Trinajstić information content (AvgIpc) is 3.40. The van der Waals surface area contributed by atoms with E-state index in [0.29, 0.717) is 36.2 Å². The first-order chi connectivity index (χ1) is 12.7. The summed E-state index contributed by atoms with van der Waals surface area (Å²) >= 11 is 1.35. The van der Waals surface area contributed by atoms with Crippen LogP contribution in [0.2, 0.25) is 0 Å². The second kappa shape index (κ2) is 7.01. The van der Waals surface area contributed by atoms with E-state index in [9.17, 15) is 9.59 Å². The first-order valence-corrected chi connectivity index (χ1v) is 8.89. The molecule has 7 nitrogen and oxygen atoms in total. The van der Waals surface area contributed by atoms with Crippen LogP contribution in [0.3, 0.4) is 0 Å². The Morgan fingerprint density at radius 1 is 1.31 bits per heavy atom. The van der Waals surface area contributed by atoms with Gasteiger partial charge < -0.3 is 14.5 Å². The fourth-order valence-corrected chi connectivity index (χ4v) is 3.39. The Morgan fingerprint density at radius 2 is 2.23 bits per heavy atom. The Kier molecular flexibility index (Phi) is 4.40. The molecule has 1 aliphatic heterocycles. The third-order valence-corrected chi connectivity index (χ3v) is 4.76. The minimum atomic E-state index is -0.348. The minimum Gasteiger partial charge on any atom is -0.462 e. The SMILES string of the molecule is O=C(NCc1cccc(N2CCOC2=O)c1)c1csc(-c2ccco2)n1. The molecule has 8 heteroatoms. The number of aromatic nitrogens is 1. The van der Waals surface area contributed by atoms with Crippen molar-refractivity contribution >= 4 is 29.0 Å². The molecular formula is C18H15N3O4S. The highest BCUT2D eigenvalue weighted by Gasteiger charge is 2.23. The summed E-state index contributed by atoms with van der Waals surface area (Å²) < 4.78 is 10.2. The van der Waals surface area contributed by atoms with Gasteiger partial charge in [-0.2, -0.15) is 0 Å². The van der Waals surface area contributed by atoms with Crippen molar-refractivity contribution in [2.75, 3.05) is 18.1 Å². The van der Waals surface area contributed by atoms with Gasteiger partial charge in [0.05, 0.1) is 12.8 Å². The van der Waals surface area contributed by atoms with Crippen LogP contribution in [0.15, 0.2) is 52.5 Å². The predicted molar refractivity (Wildman–Crippen MR) is 96.1 cm³/mol. The van der Waals surface area contributed by atoms with Gasteiger partial charge in [-0.1, -0.05) is 12.1 Å². The van der Waals surface area contributed by atoms with E-state index in [-0.39, 0.29) is 12.0 Å². The van der Waals surface area contributed by atoms with Gasteiger partial charge >= 0.3 is 6.09 Å². The summed E-state index contributed by atoms with van der Waals surface area (Å²) in [5.74, 6) is 0.379. The van der Waals surface area contributed by atoms with E-state index in [2.05, 4.69) is 10.3 Å². The third kappa shape index (κ3) is 3.31. The highest BCUT2D eigenvalue weighted by atomic mass is 32.1. The average molecular weight is 369 g/mol. The molecule has 26 heavy (non-hydrogen) atoms. The van der Waals surface area contributed by atoms with E-state index >= 15 is 0 Å². The Bertz CT molecular complexity index is 936. The van der Waals surface area contributed by atoms with Crippen LogP contribution in [0.25, 0.3) is 10.8 Å². The zero-order valence-electron chi connectivity index (χ0n) is 13.7. The highest BCUT2D eigenvalue weighted by Crippen LogP contribution is 2.24. The van der Waals surface area contributed by atoms with Crippen LogP contribution < -0.4 is 10.2 Å². The molecule has 0 bridgehead atoms. The molecule has 2 amide bonds. The number of anilines is 1. The van der Waals surface area contributed by atoms with Gasteiger partial charge in [-0.25, -0.2) is 9.78 Å². The van der Waals surface area contributed by atoms with Gasteiger partial charge in [0.15, 0.2) is 10.8 Å². The zero-order valence-corrected chi connectivity index (χ0v) is 14.5. The molecule has 1 aromatic carbocycles. The smallest absolute Gasteiger partial charge is 0.414 e. The number of ether oxygens (including phenoxy) is 1. The maximum absolute atomic E-state index is 12.3. The number of hydrogen-bond acceptors (Lipinski definition) is 6. The van der Waals surface area contributed by atoms with Gasteiger partial charge in [0.1, 0.15) is 12.3 Å². The van der Waals surface area contributed by atoms with Crippen molar-refractivity contribution < 1.29 is 18.7 Å². The van der Waals surface area contributed by atoms with Crippen LogP contribution in [0.5, 0.6) is 0 Å². The van der Waals surface area contributed by atoms with Crippen LogP contribution in [0.1, 0.15) is 16.1 Å². The molecule has 0 radical (unpaired) electrons. The molecule has 132 valence electrons. The molecule has 0 spiro atoms. The van der Waals surface area contributed by atoms with Crippen molar-refractivity contribution in [3.05, 3.63) is 59.3 Å². The molecular weight excluding hydrogens is 354 g/mol. The number of carbonyl (C=O) groups is 2. The minimum absolute atomic E-state index is 0.259. The van der Waals surface area contributed by atoms with Crippen molar-refractivity contribution in [3.8, 4) is 10.8 Å². The van der Waals surface area contributed by atoms with Crippen molar-refractivity contribution in [2.45, 2.75) is 6.54 Å². The molecule has 2 aromatic heterocycles. The lowest BCUT2D eigenvalue weighted by molar-refractivity contribution is 0.0946.